The zero-order valence-corrected chi connectivity index (χ0v) is 12.1. The predicted molar refractivity (Wildman–Crippen MR) is 77.7 cm³/mol. The predicted octanol–water partition coefficient (Wildman–Crippen LogP) is 3.63. The first-order valence-corrected chi connectivity index (χ1v) is 6.73. The number of para-hydroxylation sites is 2. The lowest BCUT2D eigenvalue weighted by Gasteiger charge is -2.31. The number of hydrogen-bond acceptors (Lipinski definition) is 3. The van der Waals surface area contributed by atoms with Crippen LogP contribution in [0.25, 0.3) is 0 Å². The lowest BCUT2D eigenvalue weighted by atomic mass is 10.2. The molecule has 1 aromatic rings. The van der Waals surface area contributed by atoms with Crippen molar-refractivity contribution in [1.82, 2.24) is 0 Å². The highest BCUT2D eigenvalue weighted by Crippen LogP contribution is 2.31. The molecule has 1 heterocycles. The number of hydrogen-bond donors (Lipinski definition) is 1. The zero-order valence-electron chi connectivity index (χ0n) is 12.1. The highest BCUT2D eigenvalue weighted by atomic mass is 16.6. The molecule has 1 aliphatic heterocycles. The van der Waals surface area contributed by atoms with Gasteiger partial charge < -0.3 is 10.1 Å². The highest BCUT2D eigenvalue weighted by molar-refractivity contribution is 5.93. The number of carbonyl (C=O) groups excluding carboxylic acids is 1. The van der Waals surface area contributed by atoms with Gasteiger partial charge in [-0.15, -0.1) is 0 Å². The summed E-state index contributed by atoms with van der Waals surface area (Å²) in [4.78, 5) is 14.2. The van der Waals surface area contributed by atoms with Gasteiger partial charge in [0.2, 0.25) is 0 Å². The number of amides is 1. The van der Waals surface area contributed by atoms with Gasteiger partial charge in [-0.2, -0.15) is 0 Å². The van der Waals surface area contributed by atoms with E-state index >= 15 is 0 Å². The first-order valence-electron chi connectivity index (χ1n) is 6.73. The number of rotatable bonds is 0. The molecule has 1 aliphatic rings. The van der Waals surface area contributed by atoms with E-state index in [0.29, 0.717) is 0 Å². The van der Waals surface area contributed by atoms with Gasteiger partial charge in [-0.3, -0.25) is 4.90 Å². The lowest BCUT2D eigenvalue weighted by molar-refractivity contribution is 0.0568. The van der Waals surface area contributed by atoms with Crippen LogP contribution in [0, 0.1) is 0 Å². The average Bonchev–Trinajstić information content (AvgIpc) is 2.44. The van der Waals surface area contributed by atoms with Gasteiger partial charge in [0.05, 0.1) is 11.4 Å². The van der Waals surface area contributed by atoms with Crippen molar-refractivity contribution in [2.24, 2.45) is 0 Å². The number of carbonyl (C=O) groups is 1. The molecule has 0 aliphatic carbocycles. The Morgan fingerprint density at radius 3 is 2.74 bits per heavy atom. The van der Waals surface area contributed by atoms with Crippen LogP contribution in [0.5, 0.6) is 0 Å². The second kappa shape index (κ2) is 5.11. The minimum atomic E-state index is -0.481. The van der Waals surface area contributed by atoms with Gasteiger partial charge in [0.25, 0.3) is 0 Å². The Kier molecular flexibility index (Phi) is 3.69. The molecule has 4 heteroatoms. The van der Waals surface area contributed by atoms with Gasteiger partial charge in [-0.25, -0.2) is 4.79 Å². The van der Waals surface area contributed by atoms with Crippen molar-refractivity contribution in [3.63, 3.8) is 0 Å². The summed E-state index contributed by atoms with van der Waals surface area (Å²) in [7, 11) is 0. The van der Waals surface area contributed by atoms with E-state index in [1.54, 1.807) is 4.90 Å². The molecule has 0 radical (unpaired) electrons. The molecule has 1 N–H and O–H groups in total. The van der Waals surface area contributed by atoms with Crippen molar-refractivity contribution in [3.8, 4) is 0 Å². The summed E-state index contributed by atoms with van der Waals surface area (Å²) in [5.74, 6) is 0. The summed E-state index contributed by atoms with van der Waals surface area (Å²) >= 11 is 0. The molecule has 1 aromatic carbocycles. The molecule has 0 saturated heterocycles. The first kappa shape index (κ1) is 13.7. The van der Waals surface area contributed by atoms with Crippen LogP contribution in [0.2, 0.25) is 0 Å². The molecule has 0 aromatic heterocycles. The molecule has 104 valence electrons. The Bertz CT molecular complexity index is 465. The van der Waals surface area contributed by atoms with Gasteiger partial charge in [0, 0.05) is 12.6 Å². The molecular formula is C15H22N2O2. The maximum atomic E-state index is 12.4. The minimum Gasteiger partial charge on any atom is -0.443 e. The smallest absolute Gasteiger partial charge is 0.415 e. The maximum absolute atomic E-state index is 12.4. The minimum absolute atomic E-state index is 0.117. The SMILES string of the molecule is C[C@H]1CCNc2ccccc2N1C(=O)OC(C)(C)C. The van der Waals surface area contributed by atoms with E-state index in [1.165, 1.54) is 0 Å². The maximum Gasteiger partial charge on any atom is 0.415 e. The number of ether oxygens (including phenoxy) is 1. The van der Waals surface area contributed by atoms with Crippen molar-refractivity contribution in [2.45, 2.75) is 45.8 Å². The van der Waals surface area contributed by atoms with E-state index in [0.717, 1.165) is 24.3 Å². The monoisotopic (exact) mass is 262 g/mol. The quantitative estimate of drug-likeness (QED) is 0.776. The van der Waals surface area contributed by atoms with Gasteiger partial charge >= 0.3 is 6.09 Å². The molecule has 1 atom stereocenters. The zero-order chi connectivity index (χ0) is 14.0. The molecule has 1 amide bonds. The Hall–Kier alpha value is -1.71. The average molecular weight is 262 g/mol. The molecule has 0 saturated carbocycles. The van der Waals surface area contributed by atoms with Gasteiger partial charge in [0.1, 0.15) is 5.60 Å². The molecule has 0 spiro atoms. The molecule has 4 nitrogen and oxygen atoms in total. The van der Waals surface area contributed by atoms with Crippen LogP contribution < -0.4 is 10.2 Å². The highest BCUT2D eigenvalue weighted by Gasteiger charge is 2.30. The number of fused-ring (bicyclic) bond motifs is 1. The molecule has 2 rings (SSSR count). The second-order valence-corrected chi connectivity index (χ2v) is 5.93. The summed E-state index contributed by atoms with van der Waals surface area (Å²) in [6, 6.07) is 7.97. The Balaban J connectivity index is 2.33. The van der Waals surface area contributed by atoms with Crippen LogP contribution >= 0.6 is 0 Å². The Labute approximate surface area is 114 Å². The van der Waals surface area contributed by atoms with Crippen molar-refractivity contribution < 1.29 is 9.53 Å². The summed E-state index contributed by atoms with van der Waals surface area (Å²) in [6.07, 6.45) is 0.615. The van der Waals surface area contributed by atoms with E-state index in [1.807, 2.05) is 52.0 Å². The van der Waals surface area contributed by atoms with Crippen molar-refractivity contribution in [1.29, 1.82) is 0 Å². The van der Waals surface area contributed by atoms with E-state index in [4.69, 9.17) is 4.74 Å². The number of nitrogens with one attached hydrogen (secondary N) is 1. The van der Waals surface area contributed by atoms with E-state index in [2.05, 4.69) is 5.32 Å². The fourth-order valence-corrected chi connectivity index (χ4v) is 2.20. The summed E-state index contributed by atoms with van der Waals surface area (Å²) in [6.45, 7) is 8.57. The first-order chi connectivity index (χ1) is 8.88. The number of anilines is 2. The number of nitrogens with zero attached hydrogens (tertiary/aromatic N) is 1. The Morgan fingerprint density at radius 2 is 2.05 bits per heavy atom. The van der Waals surface area contributed by atoms with Crippen LogP contribution in [0.3, 0.4) is 0 Å². The summed E-state index contributed by atoms with van der Waals surface area (Å²) < 4.78 is 5.52. The van der Waals surface area contributed by atoms with Crippen LogP contribution in [0.4, 0.5) is 16.2 Å². The lowest BCUT2D eigenvalue weighted by Crippen LogP contribution is -2.42. The number of benzene rings is 1. The second-order valence-electron chi connectivity index (χ2n) is 5.93. The largest absolute Gasteiger partial charge is 0.443 e. The fraction of sp³-hybridized carbons (Fsp3) is 0.533. The van der Waals surface area contributed by atoms with Crippen LogP contribution in [-0.4, -0.2) is 24.3 Å². The van der Waals surface area contributed by atoms with E-state index < -0.39 is 5.60 Å². The van der Waals surface area contributed by atoms with Crippen molar-refractivity contribution >= 4 is 17.5 Å². The Morgan fingerprint density at radius 1 is 1.37 bits per heavy atom. The van der Waals surface area contributed by atoms with Crippen LogP contribution in [-0.2, 0) is 4.74 Å². The molecule has 0 bridgehead atoms. The van der Waals surface area contributed by atoms with Gasteiger partial charge in [-0.05, 0) is 46.2 Å². The van der Waals surface area contributed by atoms with Crippen molar-refractivity contribution in [2.75, 3.05) is 16.8 Å². The van der Waals surface area contributed by atoms with Crippen LogP contribution in [0.15, 0.2) is 24.3 Å². The van der Waals surface area contributed by atoms with Gasteiger partial charge in [-0.1, -0.05) is 12.1 Å². The van der Waals surface area contributed by atoms with Crippen molar-refractivity contribution in [3.05, 3.63) is 24.3 Å². The standard InChI is InChI=1S/C15H22N2O2/c1-11-9-10-16-12-7-5-6-8-13(12)17(11)14(18)19-15(2,3)4/h5-8,11,16H,9-10H2,1-4H3/t11-/m0/s1. The molecule has 0 fully saturated rings. The normalized spacial score (nSPS) is 19.2. The van der Waals surface area contributed by atoms with E-state index in [9.17, 15) is 4.79 Å². The molecule has 0 unspecified atom stereocenters. The third-order valence-corrected chi connectivity index (χ3v) is 3.07. The van der Waals surface area contributed by atoms with Gasteiger partial charge in [0.15, 0.2) is 0 Å². The summed E-state index contributed by atoms with van der Waals surface area (Å²) in [5.41, 5.74) is 1.39. The topological polar surface area (TPSA) is 41.6 Å². The third kappa shape index (κ3) is 3.19. The third-order valence-electron chi connectivity index (χ3n) is 3.07. The van der Waals surface area contributed by atoms with E-state index in [-0.39, 0.29) is 12.1 Å². The summed E-state index contributed by atoms with van der Waals surface area (Å²) in [5, 5.41) is 3.35. The molecule has 19 heavy (non-hydrogen) atoms. The fourth-order valence-electron chi connectivity index (χ4n) is 2.20. The van der Waals surface area contributed by atoms with Crippen LogP contribution in [0.1, 0.15) is 34.1 Å². The molecular weight excluding hydrogens is 240 g/mol.